The molecule has 0 N–H and O–H groups in total. The van der Waals surface area contributed by atoms with Gasteiger partial charge in [-0.3, -0.25) is 4.79 Å². The van der Waals surface area contributed by atoms with Crippen molar-refractivity contribution < 1.29 is 9.53 Å². The summed E-state index contributed by atoms with van der Waals surface area (Å²) in [6, 6.07) is 19.6. The van der Waals surface area contributed by atoms with Gasteiger partial charge >= 0.3 is 0 Å². The van der Waals surface area contributed by atoms with Crippen LogP contribution in [0.4, 0.5) is 0 Å². The quantitative estimate of drug-likeness (QED) is 0.472. The number of ketones is 1. The molecule has 0 heterocycles. The van der Waals surface area contributed by atoms with E-state index in [1.807, 2.05) is 42.5 Å². The molecule has 3 aromatic rings. The van der Waals surface area contributed by atoms with E-state index in [4.69, 9.17) is 10.00 Å². The Morgan fingerprint density at radius 1 is 1.07 bits per heavy atom. The van der Waals surface area contributed by atoms with Crippen LogP contribution in [0.15, 0.2) is 60.7 Å². The zero-order chi connectivity index (χ0) is 18.8. The van der Waals surface area contributed by atoms with Gasteiger partial charge in [-0.05, 0) is 65.4 Å². The van der Waals surface area contributed by atoms with Gasteiger partial charge in [0.05, 0.1) is 0 Å². The molecule has 0 radical (unpaired) electrons. The Morgan fingerprint density at radius 3 is 2.56 bits per heavy atom. The Morgan fingerprint density at radius 2 is 1.81 bits per heavy atom. The monoisotopic (exact) mass is 353 g/mol. The lowest BCUT2D eigenvalue weighted by molar-refractivity contribution is 0.104. The molecule has 0 fully saturated rings. The van der Waals surface area contributed by atoms with Crippen LogP contribution in [0.25, 0.3) is 16.8 Å². The van der Waals surface area contributed by atoms with E-state index in [1.165, 1.54) is 16.5 Å². The van der Waals surface area contributed by atoms with Crippen molar-refractivity contribution in [3.63, 3.8) is 0 Å². The maximum atomic E-state index is 12.8. The third-order valence-electron chi connectivity index (χ3n) is 4.94. The van der Waals surface area contributed by atoms with E-state index in [-0.39, 0.29) is 5.78 Å². The number of benzene rings is 3. The summed E-state index contributed by atoms with van der Waals surface area (Å²) in [5.74, 6) is 0.643. The summed E-state index contributed by atoms with van der Waals surface area (Å²) in [6.07, 6.45) is 5.05. The van der Waals surface area contributed by atoms with Crippen LogP contribution in [-0.2, 0) is 12.8 Å². The molecule has 0 saturated carbocycles. The maximum absolute atomic E-state index is 12.8. The number of allylic oxidation sites excluding steroid dienone is 1. The average molecular weight is 353 g/mol. The fourth-order valence-electron chi connectivity index (χ4n) is 3.61. The van der Waals surface area contributed by atoms with Gasteiger partial charge in [0.25, 0.3) is 0 Å². The Hall–Kier alpha value is -3.38. The maximum Gasteiger partial charge on any atom is 0.186 e. The van der Waals surface area contributed by atoms with Gasteiger partial charge < -0.3 is 4.74 Å². The lowest BCUT2D eigenvalue weighted by atomic mass is 9.97. The molecule has 132 valence electrons. The van der Waals surface area contributed by atoms with Crippen molar-refractivity contribution in [3.8, 4) is 11.8 Å². The van der Waals surface area contributed by atoms with E-state index < -0.39 is 6.10 Å². The second-order valence-electron chi connectivity index (χ2n) is 6.77. The van der Waals surface area contributed by atoms with Gasteiger partial charge in [-0.25, -0.2) is 0 Å². The molecule has 3 heteroatoms. The first kappa shape index (κ1) is 17.1. The topological polar surface area (TPSA) is 50.1 Å². The molecule has 1 aliphatic rings. The van der Waals surface area contributed by atoms with Crippen LogP contribution < -0.4 is 4.74 Å². The zero-order valence-electron chi connectivity index (χ0n) is 15.1. The molecule has 27 heavy (non-hydrogen) atoms. The molecule has 0 amide bonds. The highest BCUT2D eigenvalue weighted by Gasteiger charge is 2.17. The summed E-state index contributed by atoms with van der Waals surface area (Å²) in [7, 11) is 0. The summed E-state index contributed by atoms with van der Waals surface area (Å²) in [5, 5.41) is 11.1. The van der Waals surface area contributed by atoms with Gasteiger partial charge in [-0.15, -0.1) is 0 Å². The minimum Gasteiger partial charge on any atom is -0.476 e. The third kappa shape index (κ3) is 3.35. The number of aryl methyl sites for hydroxylation is 2. The van der Waals surface area contributed by atoms with Crippen molar-refractivity contribution in [1.29, 1.82) is 5.26 Å². The second-order valence-corrected chi connectivity index (χ2v) is 6.77. The molecule has 0 aliphatic heterocycles. The standard InChI is InChI=1S/C24H19NO2/c1-16(15-25)27-20-11-5-17(6-12-20)7-14-23(26)21-13-10-19-9-8-18-3-2-4-22(21)24(18)19/h2-7,10-14,16H,8-9H2,1H3/b14-7+. The lowest BCUT2D eigenvalue weighted by Gasteiger charge is -2.07. The molecule has 0 aromatic heterocycles. The van der Waals surface area contributed by atoms with Gasteiger partial charge in [0.1, 0.15) is 11.8 Å². The summed E-state index contributed by atoms with van der Waals surface area (Å²) < 4.78 is 5.44. The van der Waals surface area contributed by atoms with E-state index in [0.29, 0.717) is 5.75 Å². The first-order valence-corrected chi connectivity index (χ1v) is 9.08. The zero-order valence-corrected chi connectivity index (χ0v) is 15.1. The van der Waals surface area contributed by atoms with Crippen molar-refractivity contribution >= 4 is 22.6 Å². The summed E-state index contributed by atoms with van der Waals surface area (Å²) in [4.78, 5) is 12.8. The van der Waals surface area contributed by atoms with Crippen molar-refractivity contribution in [1.82, 2.24) is 0 Å². The van der Waals surface area contributed by atoms with E-state index >= 15 is 0 Å². The van der Waals surface area contributed by atoms with Crippen molar-refractivity contribution in [2.24, 2.45) is 0 Å². The van der Waals surface area contributed by atoms with Gasteiger partial charge in [-0.1, -0.05) is 48.5 Å². The summed E-state index contributed by atoms with van der Waals surface area (Å²) >= 11 is 0. The Labute approximate surface area is 158 Å². The molecule has 0 saturated heterocycles. The van der Waals surface area contributed by atoms with Crippen molar-refractivity contribution in [3.05, 3.63) is 82.9 Å². The summed E-state index contributed by atoms with van der Waals surface area (Å²) in [5.41, 5.74) is 4.33. The highest BCUT2D eigenvalue weighted by atomic mass is 16.5. The van der Waals surface area contributed by atoms with Gasteiger partial charge in [0, 0.05) is 5.56 Å². The van der Waals surface area contributed by atoms with Crippen LogP contribution in [-0.4, -0.2) is 11.9 Å². The molecule has 1 atom stereocenters. The van der Waals surface area contributed by atoms with Gasteiger partial charge in [0.15, 0.2) is 11.9 Å². The number of hydrogen-bond acceptors (Lipinski definition) is 3. The highest BCUT2D eigenvalue weighted by molar-refractivity contribution is 6.15. The Bertz CT molecular complexity index is 1080. The molecular weight excluding hydrogens is 334 g/mol. The molecule has 1 aliphatic carbocycles. The number of carbonyl (C=O) groups excluding carboxylic acids is 1. The number of nitriles is 1. The molecule has 4 rings (SSSR count). The minimum atomic E-state index is -0.489. The van der Waals surface area contributed by atoms with E-state index in [2.05, 4.69) is 12.1 Å². The largest absolute Gasteiger partial charge is 0.476 e. The fraction of sp³-hybridized carbons (Fsp3) is 0.167. The molecule has 3 nitrogen and oxygen atoms in total. The van der Waals surface area contributed by atoms with Crippen LogP contribution in [0.5, 0.6) is 5.75 Å². The molecule has 3 aromatic carbocycles. The van der Waals surface area contributed by atoms with Crippen molar-refractivity contribution in [2.75, 3.05) is 0 Å². The van der Waals surface area contributed by atoms with E-state index in [1.54, 1.807) is 25.1 Å². The molecule has 1 unspecified atom stereocenters. The van der Waals surface area contributed by atoms with Crippen LogP contribution in [0.2, 0.25) is 0 Å². The average Bonchev–Trinajstić information content (AvgIpc) is 3.12. The predicted octanol–water partition coefficient (Wildman–Crippen LogP) is 5.13. The highest BCUT2D eigenvalue weighted by Crippen LogP contribution is 2.33. The van der Waals surface area contributed by atoms with Gasteiger partial charge in [-0.2, -0.15) is 5.26 Å². The molecular formula is C24H19NO2. The first-order valence-electron chi connectivity index (χ1n) is 9.08. The summed E-state index contributed by atoms with van der Waals surface area (Å²) in [6.45, 7) is 1.70. The molecule has 0 bridgehead atoms. The van der Waals surface area contributed by atoms with Gasteiger partial charge in [0.2, 0.25) is 0 Å². The number of nitrogens with zero attached hydrogens (tertiary/aromatic N) is 1. The molecule has 0 spiro atoms. The third-order valence-corrected chi connectivity index (χ3v) is 4.94. The lowest BCUT2D eigenvalue weighted by Crippen LogP contribution is -2.07. The fourth-order valence-corrected chi connectivity index (χ4v) is 3.61. The van der Waals surface area contributed by atoms with E-state index in [9.17, 15) is 4.79 Å². The first-order chi connectivity index (χ1) is 13.2. The van der Waals surface area contributed by atoms with Crippen LogP contribution in [0, 0.1) is 11.3 Å². The normalized spacial score (nSPS) is 13.6. The number of hydrogen-bond donors (Lipinski definition) is 0. The number of carbonyl (C=O) groups is 1. The predicted molar refractivity (Wildman–Crippen MR) is 107 cm³/mol. The van der Waals surface area contributed by atoms with Crippen LogP contribution in [0.3, 0.4) is 0 Å². The van der Waals surface area contributed by atoms with Crippen LogP contribution in [0.1, 0.15) is 34.0 Å². The van der Waals surface area contributed by atoms with E-state index in [0.717, 1.165) is 29.4 Å². The Kier molecular flexibility index (Phi) is 4.48. The van der Waals surface area contributed by atoms with Crippen LogP contribution >= 0.6 is 0 Å². The SMILES string of the molecule is CC(C#N)Oc1ccc(/C=C/C(=O)c2ccc3c4c(cccc24)CC3)cc1. The second kappa shape index (κ2) is 7.09. The smallest absolute Gasteiger partial charge is 0.186 e. The minimum absolute atomic E-state index is 0.00373. The number of ether oxygens (including phenoxy) is 1. The van der Waals surface area contributed by atoms with Crippen molar-refractivity contribution in [2.45, 2.75) is 25.9 Å². The Balaban J connectivity index is 1.56. The number of rotatable bonds is 5.